The Morgan fingerprint density at radius 2 is 2.40 bits per heavy atom. The van der Waals surface area contributed by atoms with E-state index >= 15 is 0 Å². The highest BCUT2D eigenvalue weighted by atomic mass is 32.1. The highest BCUT2D eigenvalue weighted by Gasteiger charge is 2.15. The predicted octanol–water partition coefficient (Wildman–Crippen LogP) is 3.19. The summed E-state index contributed by atoms with van der Waals surface area (Å²) < 4.78 is 0. The predicted molar refractivity (Wildman–Crippen MR) is 45.7 cm³/mol. The van der Waals surface area contributed by atoms with Gasteiger partial charge in [-0.3, -0.25) is 0 Å². The van der Waals surface area contributed by atoms with E-state index < -0.39 is 0 Å². The first kappa shape index (κ1) is 6.41. The van der Waals surface area contributed by atoms with Crippen LogP contribution in [0.4, 0.5) is 0 Å². The van der Waals surface area contributed by atoms with Crippen molar-refractivity contribution >= 4 is 11.3 Å². The highest BCUT2D eigenvalue weighted by molar-refractivity contribution is 7.08. The van der Waals surface area contributed by atoms with Gasteiger partial charge in [0.05, 0.1) is 0 Å². The second-order valence-corrected chi connectivity index (χ2v) is 3.89. The van der Waals surface area contributed by atoms with Gasteiger partial charge in [-0.2, -0.15) is 11.3 Å². The smallest absolute Gasteiger partial charge is 0.00557 e. The maximum Gasteiger partial charge on any atom is -0.00557 e. The van der Waals surface area contributed by atoms with Gasteiger partial charge in [-0.15, -0.1) is 0 Å². The minimum absolute atomic E-state index is 0.829. The van der Waals surface area contributed by atoms with Crippen LogP contribution in [0.1, 0.15) is 36.8 Å². The molecular formula is C9H12S. The molecule has 0 N–H and O–H groups in total. The van der Waals surface area contributed by atoms with Crippen molar-refractivity contribution in [3.8, 4) is 0 Å². The minimum atomic E-state index is 0.829. The summed E-state index contributed by atoms with van der Waals surface area (Å²) in [6, 6.07) is 0. The van der Waals surface area contributed by atoms with Crippen molar-refractivity contribution < 1.29 is 0 Å². The van der Waals surface area contributed by atoms with E-state index in [0.29, 0.717) is 0 Å². The maximum absolute atomic E-state index is 2.34. The summed E-state index contributed by atoms with van der Waals surface area (Å²) in [5.74, 6) is 0.829. The largest absolute Gasteiger partial charge is 0.152 e. The van der Waals surface area contributed by atoms with Crippen LogP contribution >= 0.6 is 11.3 Å². The summed E-state index contributed by atoms with van der Waals surface area (Å²) in [5.41, 5.74) is 3.24. The Labute approximate surface area is 65.9 Å². The Morgan fingerprint density at radius 3 is 3.20 bits per heavy atom. The van der Waals surface area contributed by atoms with E-state index in [-0.39, 0.29) is 0 Å². The summed E-state index contributed by atoms with van der Waals surface area (Å²) in [7, 11) is 0. The van der Waals surface area contributed by atoms with Gasteiger partial charge < -0.3 is 0 Å². The van der Waals surface area contributed by atoms with E-state index in [9.17, 15) is 0 Å². The number of fused-ring (bicyclic) bond motifs is 1. The fraction of sp³-hybridized carbons (Fsp3) is 0.556. The van der Waals surface area contributed by atoms with Gasteiger partial charge in [0.1, 0.15) is 0 Å². The number of rotatable bonds is 0. The molecule has 1 aliphatic rings. The molecule has 0 amide bonds. The molecule has 0 nitrogen and oxygen atoms in total. The SMILES string of the molecule is C[C@H]1CCCc2cscc21. The van der Waals surface area contributed by atoms with Crippen LogP contribution in [0.3, 0.4) is 0 Å². The molecule has 0 saturated carbocycles. The van der Waals surface area contributed by atoms with Crippen molar-refractivity contribution in [3.05, 3.63) is 21.9 Å². The van der Waals surface area contributed by atoms with E-state index in [1.54, 1.807) is 11.1 Å². The maximum atomic E-state index is 2.34. The standard InChI is InChI=1S/C9H12S/c1-7-3-2-4-8-5-10-6-9(7)8/h5-7H,2-4H2,1H3/t7-/m0/s1. The van der Waals surface area contributed by atoms with Gasteiger partial charge >= 0.3 is 0 Å². The van der Waals surface area contributed by atoms with Gasteiger partial charge in [0.2, 0.25) is 0 Å². The fourth-order valence-electron chi connectivity index (χ4n) is 1.72. The van der Waals surface area contributed by atoms with Crippen LogP contribution in [0.25, 0.3) is 0 Å². The van der Waals surface area contributed by atoms with Crippen molar-refractivity contribution in [2.24, 2.45) is 0 Å². The third kappa shape index (κ3) is 0.891. The molecule has 54 valence electrons. The molecule has 1 aromatic heterocycles. The number of hydrogen-bond acceptors (Lipinski definition) is 1. The van der Waals surface area contributed by atoms with Crippen LogP contribution in [-0.2, 0) is 6.42 Å². The van der Waals surface area contributed by atoms with Gasteiger partial charge in [-0.05, 0) is 47.1 Å². The second-order valence-electron chi connectivity index (χ2n) is 3.15. The molecule has 1 heterocycles. The normalized spacial score (nSPS) is 24.3. The highest BCUT2D eigenvalue weighted by Crippen LogP contribution is 2.33. The Kier molecular flexibility index (Phi) is 1.53. The molecule has 2 rings (SSSR count). The van der Waals surface area contributed by atoms with Crippen molar-refractivity contribution in [2.45, 2.75) is 32.1 Å². The third-order valence-electron chi connectivity index (χ3n) is 2.39. The molecule has 0 fully saturated rings. The van der Waals surface area contributed by atoms with Crippen LogP contribution in [0.15, 0.2) is 10.8 Å². The van der Waals surface area contributed by atoms with Crippen molar-refractivity contribution in [1.82, 2.24) is 0 Å². The lowest BCUT2D eigenvalue weighted by atomic mass is 9.87. The molecule has 1 aromatic rings. The second kappa shape index (κ2) is 2.39. The number of aryl methyl sites for hydroxylation is 1. The molecule has 0 aliphatic heterocycles. The van der Waals surface area contributed by atoms with Gasteiger partial charge in [-0.1, -0.05) is 6.92 Å². The first-order valence-corrected chi connectivity index (χ1v) is 4.87. The van der Waals surface area contributed by atoms with E-state index in [1.165, 1.54) is 19.3 Å². The summed E-state index contributed by atoms with van der Waals surface area (Å²) in [5, 5.41) is 4.63. The van der Waals surface area contributed by atoms with Gasteiger partial charge in [0.15, 0.2) is 0 Å². The molecule has 0 bridgehead atoms. The number of thiophene rings is 1. The third-order valence-corrected chi connectivity index (χ3v) is 3.20. The lowest BCUT2D eigenvalue weighted by Gasteiger charge is -2.17. The Bertz CT molecular complexity index is 224. The van der Waals surface area contributed by atoms with E-state index in [1.807, 2.05) is 11.3 Å². The van der Waals surface area contributed by atoms with Gasteiger partial charge in [-0.25, -0.2) is 0 Å². The molecule has 1 atom stereocenters. The molecule has 1 aliphatic carbocycles. The minimum Gasteiger partial charge on any atom is -0.152 e. The van der Waals surface area contributed by atoms with Crippen LogP contribution < -0.4 is 0 Å². The first-order valence-electron chi connectivity index (χ1n) is 3.93. The lowest BCUT2D eigenvalue weighted by Crippen LogP contribution is -2.03. The zero-order valence-corrected chi connectivity index (χ0v) is 7.08. The Balaban J connectivity index is 2.41. The van der Waals surface area contributed by atoms with Crippen LogP contribution in [0.2, 0.25) is 0 Å². The Hall–Kier alpha value is -0.300. The zero-order valence-electron chi connectivity index (χ0n) is 6.26. The van der Waals surface area contributed by atoms with E-state index in [0.717, 1.165) is 5.92 Å². The molecule has 0 aromatic carbocycles. The molecule has 0 saturated heterocycles. The molecule has 0 unspecified atom stereocenters. The van der Waals surface area contributed by atoms with Crippen LogP contribution in [0, 0.1) is 0 Å². The summed E-state index contributed by atoms with van der Waals surface area (Å²) in [6.07, 6.45) is 4.11. The average molecular weight is 152 g/mol. The number of hydrogen-bond donors (Lipinski definition) is 0. The summed E-state index contributed by atoms with van der Waals surface area (Å²) in [6.45, 7) is 2.34. The lowest BCUT2D eigenvalue weighted by molar-refractivity contribution is 0.594. The monoisotopic (exact) mass is 152 g/mol. The van der Waals surface area contributed by atoms with Crippen molar-refractivity contribution in [1.29, 1.82) is 0 Å². The van der Waals surface area contributed by atoms with Crippen molar-refractivity contribution in [3.63, 3.8) is 0 Å². The molecule has 0 radical (unpaired) electrons. The Morgan fingerprint density at radius 1 is 1.50 bits per heavy atom. The van der Waals surface area contributed by atoms with Gasteiger partial charge in [0.25, 0.3) is 0 Å². The van der Waals surface area contributed by atoms with Crippen molar-refractivity contribution in [2.75, 3.05) is 0 Å². The van der Waals surface area contributed by atoms with E-state index in [4.69, 9.17) is 0 Å². The van der Waals surface area contributed by atoms with Crippen LogP contribution in [-0.4, -0.2) is 0 Å². The zero-order chi connectivity index (χ0) is 6.97. The quantitative estimate of drug-likeness (QED) is 0.535. The summed E-state index contributed by atoms with van der Waals surface area (Å²) >= 11 is 1.86. The molecule has 10 heavy (non-hydrogen) atoms. The van der Waals surface area contributed by atoms with E-state index in [2.05, 4.69) is 17.7 Å². The fourth-order valence-corrected chi connectivity index (χ4v) is 2.74. The molecule has 1 heteroatoms. The average Bonchev–Trinajstić information content (AvgIpc) is 2.36. The molecular weight excluding hydrogens is 140 g/mol. The van der Waals surface area contributed by atoms with Crippen LogP contribution in [0.5, 0.6) is 0 Å². The van der Waals surface area contributed by atoms with Gasteiger partial charge in [0, 0.05) is 0 Å². The molecule has 0 spiro atoms. The first-order chi connectivity index (χ1) is 4.88. The topological polar surface area (TPSA) is 0 Å². The summed E-state index contributed by atoms with van der Waals surface area (Å²) in [4.78, 5) is 0.